The number of sulfonamides is 1. The Morgan fingerprint density at radius 3 is 1.87 bits per heavy atom. The van der Waals surface area contributed by atoms with Gasteiger partial charge >= 0.3 is 12.4 Å². The summed E-state index contributed by atoms with van der Waals surface area (Å²) in [5.41, 5.74) is -2.87. The molecule has 1 aliphatic rings. The van der Waals surface area contributed by atoms with E-state index >= 15 is 0 Å². The second kappa shape index (κ2) is 7.86. The molecule has 2 aromatic rings. The molecule has 6 nitrogen and oxygen atoms in total. The predicted octanol–water partition coefficient (Wildman–Crippen LogP) is 3.77. The highest BCUT2D eigenvalue weighted by Crippen LogP contribution is 2.37. The first kappa shape index (κ1) is 23.1. The number of hydrogen-bond acceptors (Lipinski definition) is 4. The maximum absolute atomic E-state index is 13.0. The monoisotopic (exact) mass is 470 g/mol. The fourth-order valence-electron chi connectivity index (χ4n) is 3.09. The highest BCUT2D eigenvalue weighted by Gasteiger charge is 2.40. The van der Waals surface area contributed by atoms with Gasteiger partial charge in [0.25, 0.3) is 5.91 Å². The molecule has 3 rings (SSSR count). The molecule has 0 unspecified atom stereocenters. The van der Waals surface area contributed by atoms with Crippen molar-refractivity contribution in [1.82, 2.24) is 9.21 Å². The Kier molecular flexibility index (Phi) is 5.86. The van der Waals surface area contributed by atoms with Crippen LogP contribution in [0, 0.1) is 6.92 Å². The van der Waals surface area contributed by atoms with E-state index in [1.807, 2.05) is 0 Å². The fourth-order valence-corrected chi connectivity index (χ4v) is 4.59. The quantitative estimate of drug-likeness (QED) is 0.641. The molecule has 31 heavy (non-hydrogen) atoms. The minimum Gasteiger partial charge on any atom is -0.459 e. The summed E-state index contributed by atoms with van der Waals surface area (Å²) in [6, 6.07) is 1.78. The normalized spacial score (nSPS) is 16.5. The Labute approximate surface area is 173 Å². The van der Waals surface area contributed by atoms with Crippen molar-refractivity contribution in [3.05, 3.63) is 53.0 Å². The highest BCUT2D eigenvalue weighted by molar-refractivity contribution is 7.89. The second-order valence-electron chi connectivity index (χ2n) is 6.87. The van der Waals surface area contributed by atoms with E-state index in [1.54, 1.807) is 13.0 Å². The second-order valence-corrected chi connectivity index (χ2v) is 8.81. The fraction of sp³-hybridized carbons (Fsp3) is 0.389. The maximum atomic E-state index is 13.0. The molecule has 0 atom stereocenters. The van der Waals surface area contributed by atoms with E-state index in [1.165, 1.54) is 11.2 Å². The van der Waals surface area contributed by atoms with Gasteiger partial charge in [-0.1, -0.05) is 0 Å². The van der Waals surface area contributed by atoms with Gasteiger partial charge in [-0.3, -0.25) is 4.79 Å². The van der Waals surface area contributed by atoms with E-state index in [4.69, 9.17) is 4.42 Å². The van der Waals surface area contributed by atoms with E-state index in [9.17, 15) is 39.6 Å². The first-order valence-corrected chi connectivity index (χ1v) is 10.3. The maximum Gasteiger partial charge on any atom is 0.416 e. The molecule has 0 N–H and O–H groups in total. The molecule has 2 heterocycles. The number of nitrogens with zero attached hydrogens (tertiary/aromatic N) is 2. The number of carbonyl (C=O) groups is 1. The van der Waals surface area contributed by atoms with Crippen molar-refractivity contribution in [2.75, 3.05) is 26.2 Å². The summed E-state index contributed by atoms with van der Waals surface area (Å²) in [7, 11) is -4.67. The Morgan fingerprint density at radius 2 is 1.45 bits per heavy atom. The molecule has 170 valence electrons. The molecule has 1 aromatic carbocycles. The van der Waals surface area contributed by atoms with Gasteiger partial charge in [-0.2, -0.15) is 30.6 Å². The van der Waals surface area contributed by atoms with E-state index < -0.39 is 44.3 Å². The number of carbonyl (C=O) groups excluding carboxylic acids is 1. The van der Waals surface area contributed by atoms with Crippen molar-refractivity contribution < 1.29 is 44.0 Å². The third-order valence-corrected chi connectivity index (χ3v) is 6.66. The van der Waals surface area contributed by atoms with E-state index in [-0.39, 0.29) is 50.1 Å². The molecule has 1 amide bonds. The third-order valence-electron chi connectivity index (χ3n) is 4.78. The lowest BCUT2D eigenvalue weighted by molar-refractivity contribution is -0.143. The van der Waals surface area contributed by atoms with E-state index in [0.717, 1.165) is 4.31 Å². The lowest BCUT2D eigenvalue weighted by Gasteiger charge is -2.33. The zero-order chi connectivity index (χ0) is 23.2. The van der Waals surface area contributed by atoms with Crippen molar-refractivity contribution in [3.63, 3.8) is 0 Å². The van der Waals surface area contributed by atoms with Crippen LogP contribution in [-0.4, -0.2) is 49.7 Å². The molecule has 0 spiro atoms. The van der Waals surface area contributed by atoms with Crippen LogP contribution in [-0.2, 0) is 22.4 Å². The molecule has 0 aliphatic carbocycles. The van der Waals surface area contributed by atoms with Gasteiger partial charge in [0.1, 0.15) is 0 Å². The van der Waals surface area contributed by atoms with Crippen LogP contribution in [0.25, 0.3) is 0 Å². The summed E-state index contributed by atoms with van der Waals surface area (Å²) >= 11 is 0. The Hall–Kier alpha value is -2.54. The number of halogens is 6. The minimum absolute atomic E-state index is 0.0732. The van der Waals surface area contributed by atoms with Crippen LogP contribution < -0.4 is 0 Å². The van der Waals surface area contributed by atoms with Gasteiger partial charge in [0, 0.05) is 31.7 Å². The number of aryl methyl sites for hydroxylation is 1. The molecule has 1 aliphatic heterocycles. The smallest absolute Gasteiger partial charge is 0.416 e. The summed E-state index contributed by atoms with van der Waals surface area (Å²) in [5, 5.41) is 0. The van der Waals surface area contributed by atoms with Crippen molar-refractivity contribution in [2.24, 2.45) is 0 Å². The lowest BCUT2D eigenvalue weighted by Crippen LogP contribution is -2.50. The van der Waals surface area contributed by atoms with Crippen molar-refractivity contribution in [2.45, 2.75) is 24.2 Å². The van der Waals surface area contributed by atoms with Crippen LogP contribution in [0.4, 0.5) is 26.3 Å². The number of furan rings is 1. The van der Waals surface area contributed by atoms with Crippen molar-refractivity contribution in [3.8, 4) is 0 Å². The summed E-state index contributed by atoms with van der Waals surface area (Å²) in [6.45, 7) is 0.826. The molecule has 1 fully saturated rings. The molecule has 0 radical (unpaired) electrons. The Morgan fingerprint density at radius 1 is 0.935 bits per heavy atom. The zero-order valence-electron chi connectivity index (χ0n) is 15.9. The highest BCUT2D eigenvalue weighted by atomic mass is 32.2. The summed E-state index contributed by atoms with van der Waals surface area (Å²) in [6.07, 6.45) is -9.02. The van der Waals surface area contributed by atoms with Gasteiger partial charge in [0.05, 0.1) is 22.3 Å². The number of rotatable bonds is 3. The van der Waals surface area contributed by atoms with Gasteiger partial charge in [-0.15, -0.1) is 0 Å². The summed E-state index contributed by atoms with van der Waals surface area (Å²) in [5.74, 6) is -0.415. The first-order chi connectivity index (χ1) is 14.2. The average molecular weight is 470 g/mol. The summed E-state index contributed by atoms with van der Waals surface area (Å²) < 4.78 is 110. The molecule has 1 aromatic heterocycles. The van der Waals surface area contributed by atoms with Crippen LogP contribution >= 0.6 is 0 Å². The van der Waals surface area contributed by atoms with Gasteiger partial charge in [0.15, 0.2) is 5.76 Å². The van der Waals surface area contributed by atoms with Gasteiger partial charge in [-0.05, 0) is 31.2 Å². The van der Waals surface area contributed by atoms with Crippen LogP contribution in [0.15, 0.2) is 39.8 Å². The Bertz CT molecular complexity index is 1050. The van der Waals surface area contributed by atoms with Gasteiger partial charge in [0.2, 0.25) is 10.0 Å². The minimum atomic E-state index is -5.17. The first-order valence-electron chi connectivity index (χ1n) is 8.84. The number of benzene rings is 1. The lowest BCUT2D eigenvalue weighted by atomic mass is 10.1. The number of hydrogen-bond donors (Lipinski definition) is 0. The summed E-state index contributed by atoms with van der Waals surface area (Å²) in [4.78, 5) is 12.6. The van der Waals surface area contributed by atoms with Crippen LogP contribution in [0.2, 0.25) is 0 Å². The van der Waals surface area contributed by atoms with Crippen molar-refractivity contribution >= 4 is 15.9 Å². The number of piperazine rings is 1. The topological polar surface area (TPSA) is 70.8 Å². The Balaban J connectivity index is 1.86. The van der Waals surface area contributed by atoms with Crippen molar-refractivity contribution in [1.29, 1.82) is 0 Å². The van der Waals surface area contributed by atoms with Crippen LogP contribution in [0.5, 0.6) is 0 Å². The SMILES string of the molecule is Cc1ccoc1C(=O)N1CCN(S(=O)(=O)c2cc(C(F)(F)F)cc(C(F)(F)F)c2)CC1. The molecular weight excluding hydrogens is 454 g/mol. The molecule has 0 saturated carbocycles. The van der Waals surface area contributed by atoms with E-state index in [2.05, 4.69) is 0 Å². The van der Waals surface area contributed by atoms with Gasteiger partial charge < -0.3 is 9.32 Å². The average Bonchev–Trinajstić information content (AvgIpc) is 3.11. The van der Waals surface area contributed by atoms with Gasteiger partial charge in [-0.25, -0.2) is 8.42 Å². The molecule has 13 heteroatoms. The number of amides is 1. The van der Waals surface area contributed by atoms with E-state index in [0.29, 0.717) is 5.56 Å². The zero-order valence-corrected chi connectivity index (χ0v) is 16.7. The molecule has 1 saturated heterocycles. The molecular formula is C18H16F6N2O4S. The number of alkyl halides is 6. The molecule has 0 bridgehead atoms. The largest absolute Gasteiger partial charge is 0.459 e. The predicted molar refractivity (Wildman–Crippen MR) is 94.6 cm³/mol. The van der Waals surface area contributed by atoms with Crippen LogP contribution in [0.3, 0.4) is 0 Å². The standard InChI is InChI=1S/C18H16F6N2O4S/c1-11-2-7-30-15(11)16(27)25-3-5-26(6-4-25)31(28,29)14-9-12(17(19,20)21)8-13(10-14)18(22,23)24/h2,7-10H,3-6H2,1H3. The van der Waals surface area contributed by atoms with Crippen LogP contribution in [0.1, 0.15) is 27.2 Å². The third kappa shape index (κ3) is 4.71.